The van der Waals surface area contributed by atoms with Crippen molar-refractivity contribution < 1.29 is 26.3 Å². The molecule has 0 radical (unpaired) electrons. The van der Waals surface area contributed by atoms with Gasteiger partial charge in [0.25, 0.3) is 0 Å². The zero-order chi connectivity index (χ0) is 24.0. The summed E-state index contributed by atoms with van der Waals surface area (Å²) in [6.07, 6.45) is 4.39. The molecule has 0 aliphatic heterocycles. The van der Waals surface area contributed by atoms with Crippen LogP contribution in [0.4, 0.5) is 26.3 Å². The van der Waals surface area contributed by atoms with Crippen LogP contribution in [0.2, 0.25) is 0 Å². The predicted octanol–water partition coefficient (Wildman–Crippen LogP) is 8.64. The molecule has 1 aromatic heterocycles. The minimum Gasteiger partial charge on any atom is -0.194 e. The summed E-state index contributed by atoms with van der Waals surface area (Å²) in [5, 5.41) is 0. The zero-order valence-corrected chi connectivity index (χ0v) is 19.4. The van der Waals surface area contributed by atoms with Crippen molar-refractivity contribution in [3.05, 3.63) is 68.9 Å². The van der Waals surface area contributed by atoms with E-state index in [1.54, 1.807) is 37.3 Å². The van der Waals surface area contributed by atoms with E-state index in [9.17, 15) is 8.78 Å². The molecular formula is C27H24F6S. The maximum atomic E-state index is 15.7. The number of aryl methyl sites for hydroxylation is 1. The fourth-order valence-corrected chi connectivity index (χ4v) is 8.07. The van der Waals surface area contributed by atoms with Crippen LogP contribution >= 0.6 is 11.3 Å². The fraction of sp³-hybridized carbons (Fsp3) is 0.481. The second kappa shape index (κ2) is 7.25. The molecule has 1 aromatic carbocycles. The minimum absolute atomic E-state index is 0.0241. The molecular weight excluding hydrogens is 470 g/mol. The molecule has 7 rings (SSSR count). The second-order valence-corrected chi connectivity index (χ2v) is 11.7. The van der Waals surface area contributed by atoms with Gasteiger partial charge in [-0.2, -0.15) is 26.3 Å². The number of rotatable bonds is 3. The summed E-state index contributed by atoms with van der Waals surface area (Å²) in [5.74, 6) is -14.6. The summed E-state index contributed by atoms with van der Waals surface area (Å²) in [7, 11) is 0. The Morgan fingerprint density at radius 1 is 0.765 bits per heavy atom. The first-order chi connectivity index (χ1) is 16.0. The maximum absolute atomic E-state index is 15.7. The van der Waals surface area contributed by atoms with E-state index in [1.165, 1.54) is 12.1 Å². The molecule has 0 amide bonds. The summed E-state index contributed by atoms with van der Waals surface area (Å²) in [4.78, 5) is 0.381. The average Bonchev–Trinajstić information content (AvgIpc) is 3.23. The molecule has 0 saturated heterocycles. The van der Waals surface area contributed by atoms with Crippen LogP contribution in [0.1, 0.15) is 47.4 Å². The van der Waals surface area contributed by atoms with Crippen LogP contribution in [-0.4, -0.2) is 17.8 Å². The van der Waals surface area contributed by atoms with E-state index < -0.39 is 28.9 Å². The molecule has 5 aliphatic rings. The van der Waals surface area contributed by atoms with Crippen LogP contribution in [0.15, 0.2) is 53.6 Å². The van der Waals surface area contributed by atoms with Gasteiger partial charge in [0, 0.05) is 15.3 Å². The molecule has 0 N–H and O–H groups in total. The number of alkyl halides is 6. The van der Waals surface area contributed by atoms with E-state index in [0.717, 1.165) is 43.4 Å². The lowest BCUT2D eigenvalue weighted by molar-refractivity contribution is -0.258. The molecule has 7 heteroatoms. The smallest absolute Gasteiger partial charge is 0.194 e. The molecule has 0 spiro atoms. The third-order valence-corrected chi connectivity index (χ3v) is 9.29. The highest BCUT2D eigenvalue weighted by Gasteiger charge is 2.80. The molecule has 5 aliphatic carbocycles. The molecule has 4 bridgehead atoms. The number of hydrogen-bond donors (Lipinski definition) is 0. The van der Waals surface area contributed by atoms with Gasteiger partial charge in [-0.05, 0) is 86.0 Å². The van der Waals surface area contributed by atoms with Crippen LogP contribution in [0.3, 0.4) is 0 Å². The summed E-state index contributed by atoms with van der Waals surface area (Å²) >= 11 is 0.853. The van der Waals surface area contributed by atoms with Crippen LogP contribution in [0.5, 0.6) is 0 Å². The van der Waals surface area contributed by atoms with Crippen LogP contribution in [0.25, 0.3) is 11.1 Å². The molecule has 0 atom stereocenters. The SMILES string of the molecule is Cc1ccc(C2=C(C(=C3C4CC5CC(C4)CC3C5)c3ccccc3)C(F)(F)C(F)(F)C2(F)F)s1. The first-order valence-corrected chi connectivity index (χ1v) is 12.6. The largest absolute Gasteiger partial charge is 0.380 e. The van der Waals surface area contributed by atoms with Crippen molar-refractivity contribution in [1.82, 2.24) is 0 Å². The lowest BCUT2D eigenvalue weighted by Gasteiger charge is -2.52. The van der Waals surface area contributed by atoms with Gasteiger partial charge in [-0.3, -0.25) is 0 Å². The quantitative estimate of drug-likeness (QED) is 0.375. The Morgan fingerprint density at radius 3 is 1.88 bits per heavy atom. The number of allylic oxidation sites excluding steroid dienone is 4. The first kappa shape index (κ1) is 22.4. The Bertz CT molecular complexity index is 1170. The highest BCUT2D eigenvalue weighted by atomic mass is 32.1. The average molecular weight is 495 g/mol. The fourth-order valence-electron chi connectivity index (χ4n) is 7.11. The third kappa shape index (κ3) is 2.91. The molecule has 1 heterocycles. The van der Waals surface area contributed by atoms with Gasteiger partial charge in [0.15, 0.2) is 0 Å². The van der Waals surface area contributed by atoms with Crippen molar-refractivity contribution in [2.24, 2.45) is 23.7 Å². The van der Waals surface area contributed by atoms with E-state index in [0.29, 0.717) is 27.8 Å². The van der Waals surface area contributed by atoms with Gasteiger partial charge in [0.2, 0.25) is 0 Å². The van der Waals surface area contributed by atoms with Crippen molar-refractivity contribution in [2.75, 3.05) is 0 Å². The van der Waals surface area contributed by atoms with E-state index in [1.807, 2.05) is 0 Å². The lowest BCUT2D eigenvalue weighted by Crippen LogP contribution is -2.49. The van der Waals surface area contributed by atoms with E-state index in [-0.39, 0.29) is 22.3 Å². The standard InChI is InChI=1S/C27H24F6S/c1-14-7-8-20(34-14)23-24(26(30,31)27(32,33)25(23,28)29)22(17-5-3-2-4-6-17)21-18-10-15-9-16(12-18)13-19(21)11-15/h2-8,15-16,18-19H,9-13H2,1H3. The molecule has 180 valence electrons. The molecule has 4 fully saturated rings. The molecule has 4 saturated carbocycles. The Balaban J connectivity index is 1.71. The summed E-state index contributed by atoms with van der Waals surface area (Å²) in [6, 6.07) is 10.9. The Morgan fingerprint density at radius 2 is 1.35 bits per heavy atom. The monoisotopic (exact) mass is 494 g/mol. The Hall–Kier alpha value is -2.02. The lowest BCUT2D eigenvalue weighted by atomic mass is 9.53. The molecule has 34 heavy (non-hydrogen) atoms. The van der Waals surface area contributed by atoms with Crippen molar-refractivity contribution in [3.8, 4) is 0 Å². The van der Waals surface area contributed by atoms with Crippen molar-refractivity contribution >= 4 is 22.5 Å². The number of thiophene rings is 1. The van der Waals surface area contributed by atoms with Gasteiger partial charge < -0.3 is 0 Å². The van der Waals surface area contributed by atoms with Gasteiger partial charge in [0.05, 0.1) is 5.57 Å². The zero-order valence-electron chi connectivity index (χ0n) is 18.6. The van der Waals surface area contributed by atoms with Crippen molar-refractivity contribution in [3.63, 3.8) is 0 Å². The molecule has 2 aromatic rings. The molecule has 0 nitrogen and oxygen atoms in total. The van der Waals surface area contributed by atoms with Gasteiger partial charge in [-0.15, -0.1) is 11.3 Å². The summed E-state index contributed by atoms with van der Waals surface area (Å²) < 4.78 is 91.8. The molecule has 0 unspecified atom stereocenters. The Labute approximate surface area is 198 Å². The first-order valence-electron chi connectivity index (χ1n) is 11.8. The third-order valence-electron chi connectivity index (χ3n) is 8.27. The normalized spacial score (nSPS) is 32.5. The Kier molecular flexibility index (Phi) is 4.78. The number of halogens is 6. The van der Waals surface area contributed by atoms with Crippen LogP contribution in [0, 0.1) is 30.6 Å². The van der Waals surface area contributed by atoms with Gasteiger partial charge in [-0.1, -0.05) is 35.9 Å². The van der Waals surface area contributed by atoms with Gasteiger partial charge in [0.1, 0.15) is 0 Å². The summed E-state index contributed by atoms with van der Waals surface area (Å²) in [5.41, 5.74) is -1.41. The van der Waals surface area contributed by atoms with E-state index >= 15 is 17.6 Å². The maximum Gasteiger partial charge on any atom is 0.380 e. The van der Waals surface area contributed by atoms with Crippen LogP contribution in [-0.2, 0) is 0 Å². The highest BCUT2D eigenvalue weighted by Crippen LogP contribution is 2.67. The number of hydrogen-bond acceptors (Lipinski definition) is 1. The summed E-state index contributed by atoms with van der Waals surface area (Å²) in [6.45, 7) is 1.64. The van der Waals surface area contributed by atoms with E-state index in [2.05, 4.69) is 0 Å². The van der Waals surface area contributed by atoms with Gasteiger partial charge >= 0.3 is 17.8 Å². The minimum atomic E-state index is -5.52. The van der Waals surface area contributed by atoms with Crippen LogP contribution < -0.4 is 0 Å². The van der Waals surface area contributed by atoms with Gasteiger partial charge in [-0.25, -0.2) is 0 Å². The second-order valence-electron chi connectivity index (χ2n) is 10.4. The topological polar surface area (TPSA) is 0 Å². The van der Waals surface area contributed by atoms with Crippen molar-refractivity contribution in [2.45, 2.75) is 56.8 Å². The van der Waals surface area contributed by atoms with Crippen molar-refractivity contribution in [1.29, 1.82) is 0 Å². The predicted molar refractivity (Wildman–Crippen MR) is 121 cm³/mol. The number of benzene rings is 1. The van der Waals surface area contributed by atoms with E-state index in [4.69, 9.17) is 0 Å². The highest BCUT2D eigenvalue weighted by molar-refractivity contribution is 7.13.